The summed E-state index contributed by atoms with van der Waals surface area (Å²) in [6, 6.07) is 17.4. The Morgan fingerprint density at radius 1 is 1.02 bits per heavy atom. The molecule has 0 spiro atoms. The van der Waals surface area contributed by atoms with Crippen molar-refractivity contribution < 1.29 is 28.0 Å². The molecule has 42 heavy (non-hydrogen) atoms. The molecule has 0 saturated carbocycles. The number of rotatable bonds is 8. The summed E-state index contributed by atoms with van der Waals surface area (Å²) >= 11 is 0.689. The number of carbonyl (C=O) groups is 2. The standard InChI is InChI=1S/C30H25N3O7S2/c1-17(2)19-8-10-20(11-9-19)26-25(27(34)21-6-4-18(3)5-7-21)28(35)29(36)32(26)30-31-16-24(41-30)42(39,40)23-14-12-22(13-15-23)33(37)38/h4-17,26,35H,1-3H3. The normalized spacial score (nSPS) is 15.5. The monoisotopic (exact) mass is 603 g/mol. The van der Waals surface area contributed by atoms with Gasteiger partial charge >= 0.3 is 0 Å². The average Bonchev–Trinajstić information content (AvgIpc) is 3.56. The number of aromatic nitrogens is 1. The predicted octanol–water partition coefficient (Wildman–Crippen LogP) is 6.10. The molecule has 1 aliphatic rings. The van der Waals surface area contributed by atoms with E-state index in [1.54, 1.807) is 36.4 Å². The Kier molecular flexibility index (Phi) is 7.52. The molecule has 1 aliphatic heterocycles. The average molecular weight is 604 g/mol. The molecular weight excluding hydrogens is 578 g/mol. The summed E-state index contributed by atoms with van der Waals surface area (Å²) in [7, 11) is -4.14. The zero-order valence-electron chi connectivity index (χ0n) is 22.7. The molecule has 4 aromatic rings. The molecule has 1 amide bonds. The predicted molar refractivity (Wildman–Crippen MR) is 157 cm³/mol. The number of benzene rings is 3. The topological polar surface area (TPSA) is 148 Å². The summed E-state index contributed by atoms with van der Waals surface area (Å²) in [5.41, 5.74) is 2.36. The highest BCUT2D eigenvalue weighted by molar-refractivity contribution is 7.93. The molecule has 5 rings (SSSR count). The number of hydrogen-bond acceptors (Lipinski definition) is 9. The van der Waals surface area contributed by atoms with Gasteiger partial charge in [0.25, 0.3) is 11.6 Å². The van der Waals surface area contributed by atoms with E-state index >= 15 is 0 Å². The smallest absolute Gasteiger partial charge is 0.296 e. The first-order valence-electron chi connectivity index (χ1n) is 12.8. The lowest BCUT2D eigenvalue weighted by atomic mass is 9.91. The highest BCUT2D eigenvalue weighted by atomic mass is 32.2. The van der Waals surface area contributed by atoms with Crippen molar-refractivity contribution in [2.75, 3.05) is 4.90 Å². The summed E-state index contributed by atoms with van der Waals surface area (Å²) in [4.78, 5) is 42.7. The van der Waals surface area contributed by atoms with Crippen LogP contribution in [-0.4, -0.2) is 35.1 Å². The largest absolute Gasteiger partial charge is 0.503 e. The number of carbonyl (C=O) groups excluding carboxylic acids is 2. The number of sulfone groups is 1. The fourth-order valence-electron chi connectivity index (χ4n) is 4.62. The lowest BCUT2D eigenvalue weighted by Crippen LogP contribution is -2.31. The summed E-state index contributed by atoms with van der Waals surface area (Å²) in [5.74, 6) is -1.95. The number of aryl methyl sites for hydroxylation is 1. The quantitative estimate of drug-likeness (QED) is 0.144. The highest BCUT2D eigenvalue weighted by Crippen LogP contribution is 2.44. The van der Waals surface area contributed by atoms with E-state index in [4.69, 9.17) is 0 Å². The minimum atomic E-state index is -4.14. The Bertz CT molecular complexity index is 1840. The van der Waals surface area contributed by atoms with Gasteiger partial charge in [-0.2, -0.15) is 0 Å². The van der Waals surface area contributed by atoms with Crippen molar-refractivity contribution in [3.63, 3.8) is 0 Å². The maximum absolute atomic E-state index is 13.7. The van der Waals surface area contributed by atoms with Crippen molar-refractivity contribution in [1.29, 1.82) is 0 Å². The third kappa shape index (κ3) is 5.10. The van der Waals surface area contributed by atoms with Crippen LogP contribution in [0.2, 0.25) is 0 Å². The molecule has 3 aromatic carbocycles. The Labute approximate surface area is 245 Å². The zero-order chi connectivity index (χ0) is 30.3. The van der Waals surface area contributed by atoms with Crippen LogP contribution in [0.25, 0.3) is 0 Å². The Morgan fingerprint density at radius 2 is 1.64 bits per heavy atom. The third-order valence-corrected chi connectivity index (χ3v) is 10.2. The Morgan fingerprint density at radius 3 is 2.21 bits per heavy atom. The summed E-state index contributed by atoms with van der Waals surface area (Å²) in [6.07, 6.45) is 1.08. The molecule has 0 aliphatic carbocycles. The van der Waals surface area contributed by atoms with Gasteiger partial charge in [0.05, 0.1) is 27.6 Å². The Balaban J connectivity index is 1.59. The number of anilines is 1. The maximum atomic E-state index is 13.7. The SMILES string of the molecule is Cc1ccc(C(=O)C2=C(O)C(=O)N(c3ncc(S(=O)(=O)c4ccc([N+](=O)[O-])cc4)s3)C2c2ccc(C(C)C)cc2)cc1. The summed E-state index contributed by atoms with van der Waals surface area (Å²) in [5, 5.41) is 22.0. The lowest BCUT2D eigenvalue weighted by molar-refractivity contribution is -0.384. The number of Topliss-reactive ketones (excluding diaryl/α,β-unsaturated/α-hetero) is 1. The number of nitro benzene ring substituents is 1. The molecule has 12 heteroatoms. The van der Waals surface area contributed by atoms with Crippen molar-refractivity contribution in [3.05, 3.63) is 123 Å². The van der Waals surface area contributed by atoms with Crippen LogP contribution in [0.3, 0.4) is 0 Å². The van der Waals surface area contributed by atoms with E-state index < -0.39 is 38.3 Å². The minimum absolute atomic E-state index is 0.0447. The highest BCUT2D eigenvalue weighted by Gasteiger charge is 2.46. The molecule has 1 N–H and O–H groups in total. The summed E-state index contributed by atoms with van der Waals surface area (Å²) in [6.45, 7) is 5.93. The van der Waals surface area contributed by atoms with Gasteiger partial charge < -0.3 is 5.11 Å². The first-order chi connectivity index (χ1) is 19.9. The van der Waals surface area contributed by atoms with Crippen LogP contribution >= 0.6 is 11.3 Å². The minimum Gasteiger partial charge on any atom is -0.503 e. The Hall–Kier alpha value is -4.68. The van der Waals surface area contributed by atoms with Gasteiger partial charge in [-0.1, -0.05) is 79.3 Å². The fourth-order valence-corrected chi connectivity index (χ4v) is 7.17. The molecule has 0 bridgehead atoms. The van der Waals surface area contributed by atoms with Gasteiger partial charge in [-0.25, -0.2) is 13.4 Å². The number of ketones is 1. The molecule has 214 valence electrons. The van der Waals surface area contributed by atoms with Crippen LogP contribution in [0.15, 0.2) is 99.4 Å². The number of aliphatic hydroxyl groups is 1. The number of nitro groups is 1. The van der Waals surface area contributed by atoms with Crippen LogP contribution in [0.5, 0.6) is 0 Å². The van der Waals surface area contributed by atoms with Crippen LogP contribution < -0.4 is 4.90 Å². The number of aliphatic hydroxyl groups excluding tert-OH is 1. The van der Waals surface area contributed by atoms with Crippen LogP contribution in [-0.2, 0) is 14.6 Å². The van der Waals surface area contributed by atoms with Crippen molar-refractivity contribution >= 4 is 43.7 Å². The molecule has 1 aromatic heterocycles. The third-order valence-electron chi connectivity index (χ3n) is 6.99. The van der Waals surface area contributed by atoms with Gasteiger partial charge in [-0.15, -0.1) is 0 Å². The second kappa shape index (κ2) is 11.0. The molecule has 0 saturated heterocycles. The molecule has 1 atom stereocenters. The van der Waals surface area contributed by atoms with Crippen molar-refractivity contribution in [1.82, 2.24) is 4.98 Å². The van der Waals surface area contributed by atoms with E-state index in [1.165, 1.54) is 0 Å². The molecular formula is C30H25N3O7S2. The van der Waals surface area contributed by atoms with Crippen LogP contribution in [0.4, 0.5) is 10.8 Å². The van der Waals surface area contributed by atoms with E-state index in [0.29, 0.717) is 16.9 Å². The van der Waals surface area contributed by atoms with Crippen molar-refractivity contribution in [3.8, 4) is 0 Å². The van der Waals surface area contributed by atoms with Crippen molar-refractivity contribution in [2.24, 2.45) is 0 Å². The first kappa shape index (κ1) is 28.8. The number of thiazole rings is 1. The zero-order valence-corrected chi connectivity index (χ0v) is 24.3. The van der Waals surface area contributed by atoms with Crippen LogP contribution in [0.1, 0.15) is 52.9 Å². The number of amides is 1. The molecule has 2 heterocycles. The van der Waals surface area contributed by atoms with Crippen LogP contribution in [0, 0.1) is 17.0 Å². The number of non-ortho nitro benzene ring substituents is 1. The number of hydrogen-bond donors (Lipinski definition) is 1. The van der Waals surface area contributed by atoms with Gasteiger partial charge in [-0.3, -0.25) is 24.6 Å². The second-order valence-electron chi connectivity index (χ2n) is 10.1. The first-order valence-corrected chi connectivity index (χ1v) is 15.1. The molecule has 10 nitrogen and oxygen atoms in total. The van der Waals surface area contributed by atoms with Gasteiger partial charge in [0.2, 0.25) is 9.84 Å². The summed E-state index contributed by atoms with van der Waals surface area (Å²) < 4.78 is 26.4. The lowest BCUT2D eigenvalue weighted by Gasteiger charge is -2.25. The van der Waals surface area contributed by atoms with Crippen molar-refractivity contribution in [2.45, 2.75) is 41.8 Å². The molecule has 1 unspecified atom stereocenters. The molecule has 0 fully saturated rings. The van der Waals surface area contributed by atoms with Gasteiger partial charge in [0.15, 0.2) is 16.7 Å². The second-order valence-corrected chi connectivity index (χ2v) is 13.3. The van der Waals surface area contributed by atoms with Gasteiger partial charge in [0.1, 0.15) is 4.21 Å². The number of nitrogens with zero attached hydrogens (tertiary/aromatic N) is 3. The van der Waals surface area contributed by atoms with Gasteiger partial charge in [-0.05, 0) is 36.1 Å². The van der Waals surface area contributed by atoms with E-state index in [2.05, 4.69) is 4.98 Å². The van der Waals surface area contributed by atoms with E-state index in [9.17, 15) is 33.2 Å². The van der Waals surface area contributed by atoms with Gasteiger partial charge in [0, 0.05) is 17.7 Å². The van der Waals surface area contributed by atoms with E-state index in [0.717, 1.165) is 46.5 Å². The fraction of sp³-hybridized carbons (Fsp3) is 0.167. The van der Waals surface area contributed by atoms with E-state index in [1.807, 2.05) is 32.9 Å². The maximum Gasteiger partial charge on any atom is 0.296 e. The molecule has 0 radical (unpaired) electrons. The van der Waals surface area contributed by atoms with E-state index in [-0.39, 0.29) is 37.0 Å².